The fraction of sp³-hybridized carbons (Fsp3) is 0.462. The minimum Gasteiger partial charge on any atom is -0.383 e. The van der Waals surface area contributed by atoms with E-state index in [1.54, 1.807) is 12.0 Å². The molecule has 0 spiro atoms. The molecule has 6 heteroatoms. The summed E-state index contributed by atoms with van der Waals surface area (Å²) >= 11 is 0. The molecule has 0 radical (unpaired) electrons. The van der Waals surface area contributed by atoms with Crippen LogP contribution in [0.2, 0.25) is 0 Å². The predicted octanol–water partition coefficient (Wildman–Crippen LogP) is 1.43. The maximum absolute atomic E-state index is 13.3. The third kappa shape index (κ3) is 2.74. The Labute approximate surface area is 110 Å². The topological polar surface area (TPSA) is 41.6 Å². The van der Waals surface area contributed by atoms with Crippen molar-refractivity contribution in [3.8, 4) is 0 Å². The lowest BCUT2D eigenvalue weighted by molar-refractivity contribution is -0.131. The second kappa shape index (κ2) is 5.63. The second-order valence-electron chi connectivity index (χ2n) is 4.56. The molecule has 1 fully saturated rings. The van der Waals surface area contributed by atoms with Gasteiger partial charge in [0.05, 0.1) is 19.2 Å². The molecular weight excluding hydrogens is 254 g/mol. The number of carbonyl (C=O) groups is 1. The van der Waals surface area contributed by atoms with E-state index in [0.717, 1.165) is 12.1 Å². The average molecular weight is 270 g/mol. The van der Waals surface area contributed by atoms with E-state index < -0.39 is 17.8 Å². The van der Waals surface area contributed by atoms with Crippen LogP contribution in [0, 0.1) is 11.6 Å². The molecule has 1 N–H and O–H groups in total. The molecule has 1 amide bonds. The Kier molecular flexibility index (Phi) is 4.11. The van der Waals surface area contributed by atoms with Crippen LogP contribution in [0.5, 0.6) is 0 Å². The summed E-state index contributed by atoms with van der Waals surface area (Å²) in [4.78, 5) is 13.5. The van der Waals surface area contributed by atoms with Crippen LogP contribution in [0.3, 0.4) is 0 Å². The highest BCUT2D eigenvalue weighted by atomic mass is 19.2. The highest BCUT2D eigenvalue weighted by Crippen LogP contribution is 2.26. The normalized spacial score (nSPS) is 20.9. The van der Waals surface area contributed by atoms with Gasteiger partial charge in [0.15, 0.2) is 11.6 Å². The molecule has 2 rings (SSSR count). The van der Waals surface area contributed by atoms with Crippen molar-refractivity contribution >= 4 is 5.91 Å². The summed E-state index contributed by atoms with van der Waals surface area (Å²) in [5.74, 6) is -1.90. The summed E-state index contributed by atoms with van der Waals surface area (Å²) in [6.07, 6.45) is -0.451. The maximum atomic E-state index is 13.3. The Morgan fingerprint density at radius 1 is 1.47 bits per heavy atom. The van der Waals surface area contributed by atoms with Crippen LogP contribution in [0.15, 0.2) is 18.2 Å². The molecule has 0 aliphatic carbocycles. The molecule has 4 nitrogen and oxygen atoms in total. The van der Waals surface area contributed by atoms with Gasteiger partial charge in [-0.05, 0) is 24.6 Å². The van der Waals surface area contributed by atoms with Gasteiger partial charge in [-0.2, -0.15) is 0 Å². The van der Waals surface area contributed by atoms with Gasteiger partial charge in [0.2, 0.25) is 5.91 Å². The lowest BCUT2D eigenvalue weighted by atomic mass is 10.1. The van der Waals surface area contributed by atoms with Crippen LogP contribution in [-0.4, -0.2) is 37.1 Å². The van der Waals surface area contributed by atoms with Gasteiger partial charge in [-0.1, -0.05) is 6.07 Å². The number of hydrogen-bond acceptors (Lipinski definition) is 3. The van der Waals surface area contributed by atoms with Crippen molar-refractivity contribution < 1.29 is 18.3 Å². The van der Waals surface area contributed by atoms with Gasteiger partial charge in [0.25, 0.3) is 0 Å². The first-order valence-electron chi connectivity index (χ1n) is 6.03. The third-order valence-electron chi connectivity index (χ3n) is 3.15. The summed E-state index contributed by atoms with van der Waals surface area (Å²) < 4.78 is 31.3. The van der Waals surface area contributed by atoms with Gasteiger partial charge in [-0.15, -0.1) is 0 Å². The van der Waals surface area contributed by atoms with Gasteiger partial charge in [-0.25, -0.2) is 8.78 Å². The molecule has 19 heavy (non-hydrogen) atoms. The fourth-order valence-electron chi connectivity index (χ4n) is 2.30. The number of amides is 1. The van der Waals surface area contributed by atoms with E-state index in [2.05, 4.69) is 5.32 Å². The largest absolute Gasteiger partial charge is 0.383 e. The Morgan fingerprint density at radius 2 is 2.21 bits per heavy atom. The highest BCUT2D eigenvalue weighted by molar-refractivity contribution is 5.81. The zero-order chi connectivity index (χ0) is 14.0. The smallest absolute Gasteiger partial charge is 0.238 e. The van der Waals surface area contributed by atoms with E-state index in [0.29, 0.717) is 12.2 Å². The van der Waals surface area contributed by atoms with Crippen LogP contribution in [0.25, 0.3) is 0 Å². The first kappa shape index (κ1) is 13.9. The Morgan fingerprint density at radius 3 is 2.84 bits per heavy atom. The molecule has 104 valence electrons. The van der Waals surface area contributed by atoms with Crippen LogP contribution < -0.4 is 5.32 Å². The number of carbonyl (C=O) groups excluding carboxylic acids is 1. The Hall–Kier alpha value is -1.53. The standard InChI is InChI=1S/C13H16F2N2O2/c1-8(7-19-2)17-12(18)6-16-13(17)9-3-4-10(14)11(15)5-9/h3-5,8,13,16H,6-7H2,1-2H3. The van der Waals surface area contributed by atoms with Crippen molar-refractivity contribution in [2.45, 2.75) is 19.1 Å². The summed E-state index contributed by atoms with van der Waals surface area (Å²) in [5, 5.41) is 2.99. The summed E-state index contributed by atoms with van der Waals surface area (Å²) in [6, 6.07) is 3.50. The average Bonchev–Trinajstić information content (AvgIpc) is 2.75. The van der Waals surface area contributed by atoms with E-state index in [-0.39, 0.29) is 18.5 Å². The number of hydrogen-bond donors (Lipinski definition) is 1. The molecule has 1 aliphatic heterocycles. The Bertz CT molecular complexity index is 482. The summed E-state index contributed by atoms with van der Waals surface area (Å²) in [6.45, 7) is 2.41. The number of rotatable bonds is 4. The number of nitrogens with zero attached hydrogens (tertiary/aromatic N) is 1. The van der Waals surface area contributed by atoms with Crippen molar-refractivity contribution in [3.63, 3.8) is 0 Å². The SMILES string of the molecule is COCC(C)N1C(=O)CNC1c1ccc(F)c(F)c1. The molecule has 0 saturated carbocycles. The lowest BCUT2D eigenvalue weighted by Crippen LogP contribution is -2.40. The van der Waals surface area contributed by atoms with Crippen molar-refractivity contribution in [2.24, 2.45) is 0 Å². The van der Waals surface area contributed by atoms with E-state index in [1.807, 2.05) is 6.92 Å². The third-order valence-corrected chi connectivity index (χ3v) is 3.15. The van der Waals surface area contributed by atoms with E-state index >= 15 is 0 Å². The van der Waals surface area contributed by atoms with Crippen molar-refractivity contribution in [3.05, 3.63) is 35.4 Å². The Balaban J connectivity index is 2.26. The zero-order valence-electron chi connectivity index (χ0n) is 10.8. The van der Waals surface area contributed by atoms with Crippen LogP contribution in [0.1, 0.15) is 18.7 Å². The van der Waals surface area contributed by atoms with Crippen molar-refractivity contribution in [1.82, 2.24) is 10.2 Å². The number of methoxy groups -OCH3 is 1. The molecular formula is C13H16F2N2O2. The van der Waals surface area contributed by atoms with Crippen LogP contribution in [-0.2, 0) is 9.53 Å². The molecule has 1 aliphatic rings. The number of benzene rings is 1. The van der Waals surface area contributed by atoms with Crippen LogP contribution in [0.4, 0.5) is 8.78 Å². The molecule has 2 atom stereocenters. The zero-order valence-corrected chi connectivity index (χ0v) is 10.8. The molecule has 0 aromatic heterocycles. The lowest BCUT2D eigenvalue weighted by Gasteiger charge is -2.30. The van der Waals surface area contributed by atoms with Gasteiger partial charge in [0.1, 0.15) is 6.17 Å². The second-order valence-corrected chi connectivity index (χ2v) is 4.56. The quantitative estimate of drug-likeness (QED) is 0.900. The first-order chi connectivity index (χ1) is 9.04. The van der Waals surface area contributed by atoms with Crippen molar-refractivity contribution in [1.29, 1.82) is 0 Å². The van der Waals surface area contributed by atoms with Gasteiger partial charge >= 0.3 is 0 Å². The van der Waals surface area contributed by atoms with E-state index in [4.69, 9.17) is 4.74 Å². The van der Waals surface area contributed by atoms with E-state index in [1.165, 1.54) is 6.07 Å². The maximum Gasteiger partial charge on any atom is 0.238 e. The van der Waals surface area contributed by atoms with E-state index in [9.17, 15) is 13.6 Å². The van der Waals surface area contributed by atoms with Crippen LogP contribution >= 0.6 is 0 Å². The molecule has 1 heterocycles. The fourth-order valence-corrected chi connectivity index (χ4v) is 2.30. The number of nitrogens with one attached hydrogen (secondary N) is 1. The molecule has 0 bridgehead atoms. The van der Waals surface area contributed by atoms with Gasteiger partial charge in [0, 0.05) is 7.11 Å². The van der Waals surface area contributed by atoms with Gasteiger partial charge < -0.3 is 9.64 Å². The number of ether oxygens (including phenoxy) is 1. The minimum atomic E-state index is -0.919. The molecule has 2 unspecified atom stereocenters. The monoisotopic (exact) mass is 270 g/mol. The number of halogens is 2. The summed E-state index contributed by atoms with van der Waals surface area (Å²) in [7, 11) is 1.55. The van der Waals surface area contributed by atoms with Crippen molar-refractivity contribution in [2.75, 3.05) is 20.3 Å². The minimum absolute atomic E-state index is 0.0840. The summed E-state index contributed by atoms with van der Waals surface area (Å²) in [5.41, 5.74) is 0.521. The molecule has 1 aromatic carbocycles. The highest BCUT2D eigenvalue weighted by Gasteiger charge is 2.35. The molecule has 1 saturated heterocycles. The first-order valence-corrected chi connectivity index (χ1v) is 6.03. The predicted molar refractivity (Wildman–Crippen MR) is 65.3 cm³/mol. The molecule has 1 aromatic rings. The van der Waals surface area contributed by atoms with Gasteiger partial charge in [-0.3, -0.25) is 10.1 Å².